The number of hydrogen-bond donors (Lipinski definition) is 0. The number of carbonyl (C=O) groups excluding carboxylic acids is 1. The summed E-state index contributed by atoms with van der Waals surface area (Å²) in [6, 6.07) is 16.9. The third-order valence-electron chi connectivity index (χ3n) is 4.07. The monoisotopic (exact) mass is 339 g/mol. The maximum Gasteiger partial charge on any atom is 0.232 e. The number of hydrogen-bond acceptors (Lipinski definition) is 4. The number of halogens is 1. The Morgan fingerprint density at radius 2 is 1.96 bits per heavy atom. The quantitative estimate of drug-likeness (QED) is 0.726. The highest BCUT2D eigenvalue weighted by atomic mass is 35.5. The van der Waals surface area contributed by atoms with Crippen LogP contribution in [0.5, 0.6) is 0 Å². The van der Waals surface area contributed by atoms with Crippen LogP contribution < -0.4 is 4.90 Å². The third kappa shape index (κ3) is 2.78. The van der Waals surface area contributed by atoms with E-state index in [2.05, 4.69) is 10.1 Å². The first kappa shape index (κ1) is 14.9. The Kier molecular flexibility index (Phi) is 3.78. The second-order valence-electron chi connectivity index (χ2n) is 5.71. The second kappa shape index (κ2) is 6.09. The van der Waals surface area contributed by atoms with Crippen molar-refractivity contribution >= 4 is 23.2 Å². The van der Waals surface area contributed by atoms with Crippen molar-refractivity contribution in [3.05, 3.63) is 65.5 Å². The van der Waals surface area contributed by atoms with Crippen LogP contribution in [-0.2, 0) is 4.79 Å². The van der Waals surface area contributed by atoms with Gasteiger partial charge in [0.05, 0.1) is 5.92 Å². The molecule has 1 atom stereocenters. The molecule has 1 fully saturated rings. The van der Waals surface area contributed by atoms with Gasteiger partial charge in [-0.1, -0.05) is 53.2 Å². The average Bonchev–Trinajstić information content (AvgIpc) is 3.22. The van der Waals surface area contributed by atoms with E-state index in [1.54, 1.807) is 17.0 Å². The fourth-order valence-corrected chi connectivity index (χ4v) is 3.06. The van der Waals surface area contributed by atoms with Crippen LogP contribution in [0.1, 0.15) is 18.2 Å². The largest absolute Gasteiger partial charge is 0.339 e. The Morgan fingerprint density at radius 1 is 1.12 bits per heavy atom. The highest BCUT2D eigenvalue weighted by Crippen LogP contribution is 2.32. The number of anilines is 1. The molecule has 0 spiro atoms. The van der Waals surface area contributed by atoms with Crippen LogP contribution in [0.2, 0.25) is 5.02 Å². The van der Waals surface area contributed by atoms with E-state index < -0.39 is 0 Å². The molecule has 0 bridgehead atoms. The predicted octanol–water partition coefficient (Wildman–Crippen LogP) is 3.91. The molecule has 2 heterocycles. The van der Waals surface area contributed by atoms with Gasteiger partial charge < -0.3 is 9.42 Å². The van der Waals surface area contributed by atoms with Crippen molar-refractivity contribution in [2.24, 2.45) is 0 Å². The Balaban J connectivity index is 1.56. The number of rotatable bonds is 3. The summed E-state index contributed by atoms with van der Waals surface area (Å²) in [6.07, 6.45) is 0.350. The summed E-state index contributed by atoms with van der Waals surface area (Å²) in [6.45, 7) is 0.510. The normalized spacial score (nSPS) is 17.5. The molecule has 0 radical (unpaired) electrons. The van der Waals surface area contributed by atoms with Crippen molar-refractivity contribution in [2.45, 2.75) is 12.3 Å². The first-order valence-corrected chi connectivity index (χ1v) is 8.03. The van der Waals surface area contributed by atoms with Crippen LogP contribution in [0.15, 0.2) is 59.1 Å². The van der Waals surface area contributed by atoms with Crippen molar-refractivity contribution in [1.29, 1.82) is 0 Å². The number of amides is 1. The lowest BCUT2D eigenvalue weighted by Gasteiger charge is -2.16. The molecule has 1 saturated heterocycles. The topological polar surface area (TPSA) is 59.2 Å². The van der Waals surface area contributed by atoms with E-state index in [1.165, 1.54) is 0 Å². The van der Waals surface area contributed by atoms with Crippen molar-refractivity contribution in [3.63, 3.8) is 0 Å². The van der Waals surface area contributed by atoms with Gasteiger partial charge in [-0.05, 0) is 18.2 Å². The zero-order valence-electron chi connectivity index (χ0n) is 12.7. The lowest BCUT2D eigenvalue weighted by molar-refractivity contribution is -0.117. The summed E-state index contributed by atoms with van der Waals surface area (Å²) in [5.74, 6) is 0.953. The van der Waals surface area contributed by atoms with Gasteiger partial charge >= 0.3 is 0 Å². The lowest BCUT2D eigenvalue weighted by atomic mass is 10.1. The van der Waals surface area contributed by atoms with Crippen molar-refractivity contribution in [3.8, 4) is 11.4 Å². The molecule has 0 aliphatic carbocycles. The van der Waals surface area contributed by atoms with Gasteiger partial charge in [0.25, 0.3) is 0 Å². The first-order valence-electron chi connectivity index (χ1n) is 7.65. The minimum absolute atomic E-state index is 0.0294. The molecule has 2 aromatic carbocycles. The molecule has 24 heavy (non-hydrogen) atoms. The first-order chi connectivity index (χ1) is 11.7. The number of aromatic nitrogens is 2. The van der Waals surface area contributed by atoms with Crippen LogP contribution in [0, 0.1) is 0 Å². The summed E-state index contributed by atoms with van der Waals surface area (Å²) in [5.41, 5.74) is 1.68. The van der Waals surface area contributed by atoms with E-state index in [9.17, 15) is 4.79 Å². The Morgan fingerprint density at radius 3 is 2.75 bits per heavy atom. The molecule has 6 heteroatoms. The van der Waals surface area contributed by atoms with Gasteiger partial charge in [0, 0.05) is 29.2 Å². The smallest absolute Gasteiger partial charge is 0.232 e. The second-order valence-corrected chi connectivity index (χ2v) is 6.14. The summed E-state index contributed by atoms with van der Waals surface area (Å²) >= 11 is 6.02. The average molecular weight is 340 g/mol. The Bertz CT molecular complexity index is 879. The standard InChI is InChI=1S/C18H14ClN3O2/c19-14-7-4-8-15(10-14)22-11-13(9-16(22)23)18-20-17(21-24-18)12-5-2-1-3-6-12/h1-8,10,13H,9,11H2. The maximum atomic E-state index is 12.3. The highest BCUT2D eigenvalue weighted by molar-refractivity contribution is 6.30. The molecular formula is C18H14ClN3O2. The van der Waals surface area contributed by atoms with Crippen LogP contribution in [0.3, 0.4) is 0 Å². The predicted molar refractivity (Wildman–Crippen MR) is 90.9 cm³/mol. The SMILES string of the molecule is O=C1CC(c2nc(-c3ccccc3)no2)CN1c1cccc(Cl)c1. The molecule has 3 aromatic rings. The van der Waals surface area contributed by atoms with Crippen LogP contribution in [-0.4, -0.2) is 22.6 Å². The third-order valence-corrected chi connectivity index (χ3v) is 4.30. The summed E-state index contributed by atoms with van der Waals surface area (Å²) in [5, 5.41) is 4.64. The fraction of sp³-hybridized carbons (Fsp3) is 0.167. The molecule has 1 aromatic heterocycles. The minimum Gasteiger partial charge on any atom is -0.339 e. The molecule has 1 aliphatic rings. The molecule has 1 aliphatic heterocycles. The summed E-state index contributed by atoms with van der Waals surface area (Å²) < 4.78 is 5.39. The van der Waals surface area contributed by atoms with Crippen molar-refractivity contribution in [1.82, 2.24) is 10.1 Å². The number of nitrogens with zero attached hydrogens (tertiary/aromatic N) is 3. The minimum atomic E-state index is -0.110. The Hall–Kier alpha value is -2.66. The van der Waals surface area contributed by atoms with E-state index in [0.29, 0.717) is 29.7 Å². The molecule has 5 nitrogen and oxygen atoms in total. The van der Waals surface area contributed by atoms with Gasteiger partial charge in [0.15, 0.2) is 0 Å². The Labute approximate surface area is 143 Å². The van der Waals surface area contributed by atoms with Crippen LogP contribution in [0.4, 0.5) is 5.69 Å². The molecular weight excluding hydrogens is 326 g/mol. The molecule has 1 amide bonds. The van der Waals surface area contributed by atoms with Crippen molar-refractivity contribution in [2.75, 3.05) is 11.4 Å². The van der Waals surface area contributed by atoms with Gasteiger partial charge in [0.2, 0.25) is 17.6 Å². The molecule has 0 N–H and O–H groups in total. The number of benzene rings is 2. The van der Waals surface area contributed by atoms with E-state index in [-0.39, 0.29) is 11.8 Å². The molecule has 1 unspecified atom stereocenters. The molecule has 0 saturated carbocycles. The maximum absolute atomic E-state index is 12.3. The van der Waals surface area contributed by atoms with Gasteiger partial charge in [0.1, 0.15) is 0 Å². The van der Waals surface area contributed by atoms with Crippen LogP contribution in [0.25, 0.3) is 11.4 Å². The summed E-state index contributed by atoms with van der Waals surface area (Å²) in [7, 11) is 0. The zero-order chi connectivity index (χ0) is 16.5. The van der Waals surface area contributed by atoms with Crippen molar-refractivity contribution < 1.29 is 9.32 Å². The highest BCUT2D eigenvalue weighted by Gasteiger charge is 2.35. The van der Waals surface area contributed by atoms with E-state index in [4.69, 9.17) is 16.1 Å². The van der Waals surface area contributed by atoms with Crippen LogP contribution >= 0.6 is 11.6 Å². The van der Waals surface area contributed by atoms with E-state index in [1.807, 2.05) is 42.5 Å². The molecule has 4 rings (SSSR count). The van der Waals surface area contributed by atoms with Gasteiger partial charge in [-0.3, -0.25) is 4.79 Å². The van der Waals surface area contributed by atoms with E-state index >= 15 is 0 Å². The van der Waals surface area contributed by atoms with E-state index in [0.717, 1.165) is 11.3 Å². The molecule has 120 valence electrons. The van der Waals surface area contributed by atoms with Gasteiger partial charge in [-0.15, -0.1) is 0 Å². The van der Waals surface area contributed by atoms with Gasteiger partial charge in [-0.25, -0.2) is 0 Å². The van der Waals surface area contributed by atoms with Gasteiger partial charge in [-0.2, -0.15) is 4.98 Å². The fourth-order valence-electron chi connectivity index (χ4n) is 2.87. The zero-order valence-corrected chi connectivity index (χ0v) is 13.5. The summed E-state index contributed by atoms with van der Waals surface area (Å²) in [4.78, 5) is 18.5. The number of carbonyl (C=O) groups is 1. The lowest BCUT2D eigenvalue weighted by Crippen LogP contribution is -2.24.